The number of furan rings is 1. The molecule has 1 fully saturated rings. The number of amides is 1. The lowest BCUT2D eigenvalue weighted by molar-refractivity contribution is 0.0588. The molecule has 1 amide bonds. The Hall–Kier alpha value is -1.29. The summed E-state index contributed by atoms with van der Waals surface area (Å²) in [5, 5.41) is 0. The summed E-state index contributed by atoms with van der Waals surface area (Å²) >= 11 is 0. The predicted octanol–water partition coefficient (Wildman–Crippen LogP) is 2.18. The van der Waals surface area contributed by atoms with E-state index in [1.165, 1.54) is 12.8 Å². The van der Waals surface area contributed by atoms with Crippen LogP contribution in [0.15, 0.2) is 16.7 Å². The maximum Gasteiger partial charge on any atom is 0.289 e. The molecule has 0 saturated heterocycles. The molecule has 4 heteroatoms. The first-order chi connectivity index (χ1) is 8.65. The van der Waals surface area contributed by atoms with E-state index >= 15 is 0 Å². The van der Waals surface area contributed by atoms with E-state index in [2.05, 4.69) is 0 Å². The molecule has 0 spiro atoms. The second-order valence-corrected chi connectivity index (χ2v) is 5.20. The molecule has 18 heavy (non-hydrogen) atoms. The summed E-state index contributed by atoms with van der Waals surface area (Å²) in [6.45, 7) is 2.55. The third kappa shape index (κ3) is 2.43. The largest absolute Gasteiger partial charge is 0.459 e. The maximum atomic E-state index is 12.4. The van der Waals surface area contributed by atoms with Crippen LogP contribution >= 0.6 is 0 Å². The lowest BCUT2D eigenvalue weighted by Gasteiger charge is -2.37. The number of carbonyl (C=O) groups is 1. The van der Waals surface area contributed by atoms with Gasteiger partial charge < -0.3 is 15.1 Å². The summed E-state index contributed by atoms with van der Waals surface area (Å²) in [6, 6.07) is 2.07. The molecule has 1 heterocycles. The first-order valence-corrected chi connectivity index (χ1v) is 6.66. The first-order valence-electron chi connectivity index (χ1n) is 6.66. The van der Waals surface area contributed by atoms with Crippen molar-refractivity contribution in [3.8, 4) is 0 Å². The average molecular weight is 250 g/mol. The summed E-state index contributed by atoms with van der Waals surface area (Å²) < 4.78 is 5.28. The van der Waals surface area contributed by atoms with Gasteiger partial charge in [0.15, 0.2) is 5.76 Å². The zero-order valence-electron chi connectivity index (χ0n) is 11.2. The van der Waals surface area contributed by atoms with Gasteiger partial charge in [-0.15, -0.1) is 0 Å². The number of carbonyl (C=O) groups excluding carboxylic acids is 1. The first kappa shape index (κ1) is 13.1. The minimum atomic E-state index is -0.0251. The van der Waals surface area contributed by atoms with E-state index in [-0.39, 0.29) is 11.9 Å². The van der Waals surface area contributed by atoms with Crippen molar-refractivity contribution in [2.24, 2.45) is 11.7 Å². The van der Waals surface area contributed by atoms with Gasteiger partial charge in [0.2, 0.25) is 0 Å². The van der Waals surface area contributed by atoms with Crippen molar-refractivity contribution < 1.29 is 9.21 Å². The van der Waals surface area contributed by atoms with Crippen LogP contribution in [-0.2, 0) is 0 Å². The third-order valence-electron chi connectivity index (χ3n) is 4.05. The van der Waals surface area contributed by atoms with Crippen LogP contribution in [0.5, 0.6) is 0 Å². The highest BCUT2D eigenvalue weighted by atomic mass is 16.3. The van der Waals surface area contributed by atoms with Gasteiger partial charge in [0.25, 0.3) is 5.91 Å². The molecular weight excluding hydrogens is 228 g/mol. The van der Waals surface area contributed by atoms with E-state index < -0.39 is 0 Å². The van der Waals surface area contributed by atoms with Gasteiger partial charge in [0.05, 0.1) is 6.26 Å². The summed E-state index contributed by atoms with van der Waals surface area (Å²) in [5.74, 6) is 0.852. The van der Waals surface area contributed by atoms with Crippen LogP contribution in [-0.4, -0.2) is 30.4 Å². The van der Waals surface area contributed by atoms with Crippen LogP contribution in [0.1, 0.15) is 41.8 Å². The smallest absolute Gasteiger partial charge is 0.289 e. The predicted molar refractivity (Wildman–Crippen MR) is 70.3 cm³/mol. The highest BCUT2D eigenvalue weighted by Gasteiger charge is 2.31. The van der Waals surface area contributed by atoms with Crippen LogP contribution in [0.2, 0.25) is 0 Å². The molecular formula is C14H22N2O2. The second-order valence-electron chi connectivity index (χ2n) is 5.20. The summed E-state index contributed by atoms with van der Waals surface area (Å²) in [7, 11) is 1.86. The normalized spacial score (nSPS) is 23.9. The Morgan fingerprint density at radius 1 is 1.50 bits per heavy atom. The van der Waals surface area contributed by atoms with Gasteiger partial charge in [-0.25, -0.2) is 0 Å². The van der Waals surface area contributed by atoms with E-state index in [1.807, 2.05) is 24.9 Å². The number of nitrogens with two attached hydrogens (primary N) is 1. The molecule has 0 bridgehead atoms. The lowest BCUT2D eigenvalue weighted by atomic mass is 9.83. The monoisotopic (exact) mass is 250 g/mol. The number of aryl methyl sites for hydroxylation is 1. The van der Waals surface area contributed by atoms with Crippen LogP contribution in [0.4, 0.5) is 0 Å². The quantitative estimate of drug-likeness (QED) is 0.894. The van der Waals surface area contributed by atoms with Crippen molar-refractivity contribution in [1.29, 1.82) is 0 Å². The molecule has 2 atom stereocenters. The van der Waals surface area contributed by atoms with Crippen molar-refractivity contribution in [3.05, 3.63) is 23.7 Å². The van der Waals surface area contributed by atoms with Gasteiger partial charge in [-0.2, -0.15) is 0 Å². The molecule has 0 aliphatic heterocycles. The molecule has 1 aromatic heterocycles. The van der Waals surface area contributed by atoms with Crippen LogP contribution in [0.25, 0.3) is 0 Å². The Morgan fingerprint density at radius 2 is 2.22 bits per heavy atom. The Balaban J connectivity index is 2.12. The third-order valence-corrected chi connectivity index (χ3v) is 4.05. The molecule has 1 aliphatic rings. The number of nitrogens with zero attached hydrogens (tertiary/aromatic N) is 1. The van der Waals surface area contributed by atoms with E-state index in [9.17, 15) is 4.79 Å². The van der Waals surface area contributed by atoms with Crippen LogP contribution in [0, 0.1) is 12.8 Å². The van der Waals surface area contributed by atoms with Crippen molar-refractivity contribution >= 4 is 5.91 Å². The Kier molecular flexibility index (Phi) is 4.07. The minimum absolute atomic E-state index is 0.0251. The Bertz CT molecular complexity index is 414. The standard InChI is InChI=1S/C14H22N2O2/c1-10-7-8-18-13(10)14(17)16(2)12-6-4-3-5-11(12)9-15/h7-8,11-12H,3-6,9,15H2,1-2H3. The van der Waals surface area contributed by atoms with Crippen molar-refractivity contribution in [1.82, 2.24) is 4.90 Å². The Labute approximate surface area is 108 Å². The van der Waals surface area contributed by atoms with E-state index in [4.69, 9.17) is 10.2 Å². The second kappa shape index (κ2) is 5.57. The van der Waals surface area contributed by atoms with Crippen LogP contribution in [0.3, 0.4) is 0 Å². The van der Waals surface area contributed by atoms with E-state index in [1.54, 1.807) is 6.26 Å². The fraction of sp³-hybridized carbons (Fsp3) is 0.643. The molecule has 4 nitrogen and oxygen atoms in total. The SMILES string of the molecule is Cc1ccoc1C(=O)N(C)C1CCCCC1CN. The fourth-order valence-electron chi connectivity index (χ4n) is 2.88. The maximum absolute atomic E-state index is 12.4. The minimum Gasteiger partial charge on any atom is -0.459 e. The highest BCUT2D eigenvalue weighted by Crippen LogP contribution is 2.28. The lowest BCUT2D eigenvalue weighted by Crippen LogP contribution is -2.46. The highest BCUT2D eigenvalue weighted by molar-refractivity contribution is 5.92. The van der Waals surface area contributed by atoms with Gasteiger partial charge in [0, 0.05) is 18.7 Å². The Morgan fingerprint density at radius 3 is 2.83 bits per heavy atom. The summed E-state index contributed by atoms with van der Waals surface area (Å²) in [4.78, 5) is 14.2. The number of rotatable bonds is 3. The van der Waals surface area contributed by atoms with E-state index in [0.717, 1.165) is 18.4 Å². The molecule has 100 valence electrons. The molecule has 2 N–H and O–H groups in total. The number of hydrogen-bond donors (Lipinski definition) is 1. The topological polar surface area (TPSA) is 59.5 Å². The van der Waals surface area contributed by atoms with Crippen molar-refractivity contribution in [2.75, 3.05) is 13.6 Å². The summed E-state index contributed by atoms with van der Waals surface area (Å²) in [5.41, 5.74) is 6.71. The van der Waals surface area contributed by atoms with E-state index in [0.29, 0.717) is 18.2 Å². The molecule has 1 aliphatic carbocycles. The zero-order chi connectivity index (χ0) is 13.1. The van der Waals surface area contributed by atoms with Gasteiger partial charge in [-0.3, -0.25) is 4.79 Å². The van der Waals surface area contributed by atoms with Crippen LogP contribution < -0.4 is 5.73 Å². The van der Waals surface area contributed by atoms with Gasteiger partial charge in [-0.05, 0) is 38.3 Å². The van der Waals surface area contributed by atoms with Gasteiger partial charge in [0.1, 0.15) is 0 Å². The summed E-state index contributed by atoms with van der Waals surface area (Å²) in [6.07, 6.45) is 6.13. The average Bonchev–Trinajstić information content (AvgIpc) is 2.83. The molecule has 0 radical (unpaired) electrons. The molecule has 2 unspecified atom stereocenters. The van der Waals surface area contributed by atoms with Crippen molar-refractivity contribution in [3.63, 3.8) is 0 Å². The molecule has 2 rings (SSSR count). The zero-order valence-corrected chi connectivity index (χ0v) is 11.2. The number of hydrogen-bond acceptors (Lipinski definition) is 3. The van der Waals surface area contributed by atoms with Gasteiger partial charge >= 0.3 is 0 Å². The van der Waals surface area contributed by atoms with Crippen molar-refractivity contribution in [2.45, 2.75) is 38.6 Å². The molecule has 0 aromatic carbocycles. The molecule has 1 saturated carbocycles. The molecule has 1 aromatic rings. The fourth-order valence-corrected chi connectivity index (χ4v) is 2.88. The van der Waals surface area contributed by atoms with Gasteiger partial charge in [-0.1, -0.05) is 12.8 Å².